The Bertz CT molecular complexity index is 397. The first-order valence-corrected chi connectivity index (χ1v) is 8.31. The van der Waals surface area contributed by atoms with Gasteiger partial charge in [0.25, 0.3) is 0 Å². The first-order valence-electron chi connectivity index (χ1n) is 8.31. The Balaban J connectivity index is 2.05. The minimum absolute atomic E-state index is 0.115. The fraction of sp³-hybridized carbons (Fsp3) is 0.941. The molecule has 2 rings (SSSR count). The van der Waals surface area contributed by atoms with Crippen molar-refractivity contribution in [2.24, 2.45) is 0 Å². The number of nitrogens with zero attached hydrogens (tertiary/aromatic N) is 2. The molecule has 4 heteroatoms. The Hall–Kier alpha value is -0.630. The third-order valence-electron chi connectivity index (χ3n) is 4.65. The molecule has 21 heavy (non-hydrogen) atoms. The number of hydrogen-bond donors (Lipinski definition) is 1. The van der Waals surface area contributed by atoms with E-state index in [1.54, 1.807) is 0 Å². The van der Waals surface area contributed by atoms with Crippen LogP contribution < -0.4 is 5.32 Å². The number of nitriles is 1. The van der Waals surface area contributed by atoms with Gasteiger partial charge in [0.1, 0.15) is 5.54 Å². The van der Waals surface area contributed by atoms with Crippen molar-refractivity contribution in [3.05, 3.63) is 0 Å². The first kappa shape index (κ1) is 16.7. The van der Waals surface area contributed by atoms with Gasteiger partial charge in [0, 0.05) is 19.1 Å². The monoisotopic (exact) mass is 293 g/mol. The van der Waals surface area contributed by atoms with Crippen molar-refractivity contribution in [3.8, 4) is 6.07 Å². The molecule has 0 bridgehead atoms. The molecule has 1 aliphatic carbocycles. The van der Waals surface area contributed by atoms with Gasteiger partial charge in [-0.15, -0.1) is 0 Å². The molecule has 1 aliphatic heterocycles. The van der Waals surface area contributed by atoms with Gasteiger partial charge in [-0.25, -0.2) is 0 Å². The fourth-order valence-corrected chi connectivity index (χ4v) is 4.10. The van der Waals surface area contributed by atoms with E-state index in [1.165, 1.54) is 0 Å². The van der Waals surface area contributed by atoms with Gasteiger partial charge >= 0.3 is 0 Å². The Morgan fingerprint density at radius 2 is 1.86 bits per heavy atom. The number of rotatable bonds is 4. The van der Waals surface area contributed by atoms with Gasteiger partial charge in [0.15, 0.2) is 0 Å². The summed E-state index contributed by atoms with van der Waals surface area (Å²) in [7, 11) is 0. The van der Waals surface area contributed by atoms with Gasteiger partial charge in [0.05, 0.1) is 17.3 Å². The summed E-state index contributed by atoms with van der Waals surface area (Å²) in [5.74, 6) is 0. The molecular formula is C17H31N3O. The van der Waals surface area contributed by atoms with E-state index in [-0.39, 0.29) is 16.7 Å². The summed E-state index contributed by atoms with van der Waals surface area (Å²) in [6, 6.07) is 3.05. The maximum absolute atomic E-state index is 9.61. The molecule has 1 N–H and O–H groups in total. The topological polar surface area (TPSA) is 48.3 Å². The zero-order chi connectivity index (χ0) is 15.7. The lowest BCUT2D eigenvalue weighted by Gasteiger charge is -2.49. The smallest absolute Gasteiger partial charge is 0.108 e. The Labute approximate surface area is 129 Å². The van der Waals surface area contributed by atoms with Crippen LogP contribution in [-0.2, 0) is 4.74 Å². The third-order valence-corrected chi connectivity index (χ3v) is 4.65. The molecule has 0 aromatic rings. The van der Waals surface area contributed by atoms with Crippen molar-refractivity contribution in [2.75, 3.05) is 19.6 Å². The van der Waals surface area contributed by atoms with E-state index in [2.05, 4.69) is 50.9 Å². The molecular weight excluding hydrogens is 262 g/mol. The van der Waals surface area contributed by atoms with Crippen LogP contribution in [0.2, 0.25) is 0 Å². The SMILES string of the molecule is CCCNC1(C#N)CCC(N2CC(C)(C)OC(C)(C)C2)C1. The quantitative estimate of drug-likeness (QED) is 0.866. The van der Waals surface area contributed by atoms with Crippen molar-refractivity contribution in [1.82, 2.24) is 10.2 Å². The number of ether oxygens (including phenoxy) is 1. The van der Waals surface area contributed by atoms with Crippen LogP contribution >= 0.6 is 0 Å². The molecule has 2 atom stereocenters. The summed E-state index contributed by atoms with van der Waals surface area (Å²) in [6.07, 6.45) is 4.09. The molecule has 2 fully saturated rings. The van der Waals surface area contributed by atoms with Crippen molar-refractivity contribution in [3.63, 3.8) is 0 Å². The van der Waals surface area contributed by atoms with Crippen LogP contribution in [0.1, 0.15) is 60.3 Å². The zero-order valence-corrected chi connectivity index (χ0v) is 14.3. The number of hydrogen-bond acceptors (Lipinski definition) is 4. The molecule has 0 aromatic carbocycles. The van der Waals surface area contributed by atoms with Gasteiger partial charge in [-0.2, -0.15) is 5.26 Å². The second kappa shape index (κ2) is 5.87. The molecule has 1 saturated heterocycles. The molecule has 0 amide bonds. The zero-order valence-electron chi connectivity index (χ0n) is 14.3. The van der Waals surface area contributed by atoms with Gasteiger partial charge < -0.3 is 4.74 Å². The highest BCUT2D eigenvalue weighted by molar-refractivity contribution is 5.14. The van der Waals surface area contributed by atoms with Crippen LogP contribution in [0.3, 0.4) is 0 Å². The van der Waals surface area contributed by atoms with E-state index in [0.29, 0.717) is 6.04 Å². The van der Waals surface area contributed by atoms with Gasteiger partial charge in [-0.1, -0.05) is 6.92 Å². The van der Waals surface area contributed by atoms with Crippen molar-refractivity contribution < 1.29 is 4.74 Å². The largest absolute Gasteiger partial charge is 0.367 e. The highest BCUT2D eigenvalue weighted by Crippen LogP contribution is 2.37. The molecule has 120 valence electrons. The molecule has 2 unspecified atom stereocenters. The molecule has 2 aliphatic rings. The maximum Gasteiger partial charge on any atom is 0.108 e. The summed E-state index contributed by atoms with van der Waals surface area (Å²) in [6.45, 7) is 13.7. The lowest BCUT2D eigenvalue weighted by molar-refractivity contribution is -0.187. The summed E-state index contributed by atoms with van der Waals surface area (Å²) in [4.78, 5) is 2.55. The van der Waals surface area contributed by atoms with Crippen LogP contribution in [0.5, 0.6) is 0 Å². The van der Waals surface area contributed by atoms with Crippen LogP contribution in [0, 0.1) is 11.3 Å². The molecule has 0 spiro atoms. The Morgan fingerprint density at radius 1 is 1.24 bits per heavy atom. The van der Waals surface area contributed by atoms with Gasteiger partial charge in [0.2, 0.25) is 0 Å². The van der Waals surface area contributed by atoms with E-state index < -0.39 is 0 Å². The standard InChI is InChI=1S/C17H31N3O/c1-6-9-19-17(11-18)8-7-14(10-17)20-12-15(2,3)21-16(4,5)13-20/h14,19H,6-10,12-13H2,1-5H3. The summed E-state index contributed by atoms with van der Waals surface area (Å²) in [5, 5.41) is 13.1. The number of nitrogens with one attached hydrogen (secondary N) is 1. The van der Waals surface area contributed by atoms with Crippen molar-refractivity contribution in [2.45, 2.75) is 83.1 Å². The van der Waals surface area contributed by atoms with Gasteiger partial charge in [-0.3, -0.25) is 10.2 Å². The average molecular weight is 293 g/mol. The summed E-state index contributed by atoms with van der Waals surface area (Å²) in [5.41, 5.74) is -0.541. The minimum atomic E-state index is -0.312. The first-order chi connectivity index (χ1) is 9.71. The lowest BCUT2D eigenvalue weighted by atomic mass is 9.95. The summed E-state index contributed by atoms with van der Waals surface area (Å²) < 4.78 is 6.17. The molecule has 0 aromatic heterocycles. The third kappa shape index (κ3) is 3.97. The second-order valence-corrected chi connectivity index (χ2v) is 8.04. The molecule has 1 saturated carbocycles. The predicted molar refractivity (Wildman–Crippen MR) is 85.1 cm³/mol. The molecule has 4 nitrogen and oxygen atoms in total. The van der Waals surface area contributed by atoms with Crippen molar-refractivity contribution in [1.29, 1.82) is 5.26 Å². The Kier molecular flexibility index (Phi) is 4.68. The molecule has 1 heterocycles. The van der Waals surface area contributed by atoms with Crippen LogP contribution in [-0.4, -0.2) is 47.3 Å². The Morgan fingerprint density at radius 3 is 2.38 bits per heavy atom. The molecule has 0 radical (unpaired) electrons. The predicted octanol–water partition coefficient (Wildman–Crippen LogP) is 2.69. The van der Waals surface area contributed by atoms with E-state index in [0.717, 1.165) is 45.3 Å². The van der Waals surface area contributed by atoms with E-state index in [4.69, 9.17) is 4.74 Å². The van der Waals surface area contributed by atoms with E-state index >= 15 is 0 Å². The summed E-state index contributed by atoms with van der Waals surface area (Å²) >= 11 is 0. The number of morpholine rings is 1. The van der Waals surface area contributed by atoms with Crippen LogP contribution in [0.25, 0.3) is 0 Å². The van der Waals surface area contributed by atoms with E-state index in [9.17, 15) is 5.26 Å². The van der Waals surface area contributed by atoms with E-state index in [1.807, 2.05) is 0 Å². The average Bonchev–Trinajstić information content (AvgIpc) is 2.78. The normalized spacial score (nSPS) is 35.5. The van der Waals surface area contributed by atoms with Crippen LogP contribution in [0.15, 0.2) is 0 Å². The van der Waals surface area contributed by atoms with Gasteiger partial charge in [-0.05, 0) is 59.9 Å². The second-order valence-electron chi connectivity index (χ2n) is 8.04. The maximum atomic E-state index is 9.61. The lowest BCUT2D eigenvalue weighted by Crippen LogP contribution is -2.59. The van der Waals surface area contributed by atoms with Crippen LogP contribution in [0.4, 0.5) is 0 Å². The minimum Gasteiger partial charge on any atom is -0.367 e. The highest BCUT2D eigenvalue weighted by atomic mass is 16.5. The highest BCUT2D eigenvalue weighted by Gasteiger charge is 2.46. The van der Waals surface area contributed by atoms with Crippen molar-refractivity contribution >= 4 is 0 Å². The fourth-order valence-electron chi connectivity index (χ4n) is 4.10.